The Balaban J connectivity index is 1.89. The first kappa shape index (κ1) is 24.4. The average molecular weight is 477 g/mol. The number of carbonyl (C=O) groups is 2. The van der Waals surface area contributed by atoms with E-state index in [2.05, 4.69) is 0 Å². The van der Waals surface area contributed by atoms with Crippen LogP contribution in [0.15, 0.2) is 42.5 Å². The molecule has 0 unspecified atom stereocenters. The molecule has 0 aliphatic carbocycles. The van der Waals surface area contributed by atoms with Crippen LogP contribution in [0, 0.1) is 6.92 Å². The van der Waals surface area contributed by atoms with Gasteiger partial charge in [0.25, 0.3) is 5.91 Å². The van der Waals surface area contributed by atoms with Crippen molar-refractivity contribution < 1.29 is 14.3 Å². The third kappa shape index (κ3) is 5.76. The Morgan fingerprint density at radius 1 is 1.09 bits per heavy atom. The number of carbonyl (C=O) groups excluding carboxylic acids is 2. The van der Waals surface area contributed by atoms with Crippen LogP contribution in [-0.4, -0.2) is 53.6 Å². The van der Waals surface area contributed by atoms with Crippen LogP contribution in [0.1, 0.15) is 54.6 Å². The third-order valence-electron chi connectivity index (χ3n) is 5.76. The highest BCUT2D eigenvalue weighted by Crippen LogP contribution is 2.34. The number of amides is 2. The normalized spacial score (nSPS) is 18.9. The summed E-state index contributed by atoms with van der Waals surface area (Å²) in [6.45, 7) is 8.47. The second-order valence-corrected chi connectivity index (χ2v) is 10.2. The van der Waals surface area contributed by atoms with Crippen molar-refractivity contribution in [1.29, 1.82) is 0 Å². The van der Waals surface area contributed by atoms with Gasteiger partial charge in [-0.05, 0) is 75.6 Å². The van der Waals surface area contributed by atoms with Gasteiger partial charge in [-0.25, -0.2) is 4.79 Å². The molecule has 1 aliphatic heterocycles. The number of halogens is 2. The zero-order chi connectivity index (χ0) is 23.6. The minimum Gasteiger partial charge on any atom is -0.444 e. The standard InChI is InChI=1S/C25H30Cl2N2O3/c1-16-6-7-18(14-21(16)27)20-15-29(24(31)32-25(2,3)4)13-12-22(20)28(5)23(30)17-8-10-19(26)11-9-17/h6-11,14,20,22H,12-13,15H2,1-5H3/t20-,22+/m0/s1. The minimum atomic E-state index is -0.571. The Morgan fingerprint density at radius 2 is 1.75 bits per heavy atom. The number of likely N-dealkylation sites (tertiary alicyclic amines) is 1. The molecule has 1 fully saturated rings. The molecule has 2 aromatic carbocycles. The van der Waals surface area contributed by atoms with Gasteiger partial charge < -0.3 is 14.5 Å². The van der Waals surface area contributed by atoms with E-state index in [1.807, 2.05) is 52.9 Å². The molecule has 2 amide bonds. The van der Waals surface area contributed by atoms with Crippen LogP contribution in [-0.2, 0) is 4.74 Å². The predicted molar refractivity (Wildman–Crippen MR) is 129 cm³/mol. The lowest BCUT2D eigenvalue weighted by molar-refractivity contribution is 0.0124. The molecule has 1 aliphatic rings. The quantitative estimate of drug-likeness (QED) is 0.532. The Labute approximate surface area is 200 Å². The topological polar surface area (TPSA) is 49.9 Å². The highest BCUT2D eigenvalue weighted by atomic mass is 35.5. The molecule has 2 atom stereocenters. The van der Waals surface area contributed by atoms with Gasteiger partial charge in [0.15, 0.2) is 0 Å². The molecular formula is C25H30Cl2N2O3. The van der Waals surface area contributed by atoms with Gasteiger partial charge in [-0.15, -0.1) is 0 Å². The van der Waals surface area contributed by atoms with Gasteiger partial charge in [0.05, 0.1) is 0 Å². The van der Waals surface area contributed by atoms with Crippen molar-refractivity contribution in [3.63, 3.8) is 0 Å². The molecule has 0 spiro atoms. The third-order valence-corrected chi connectivity index (χ3v) is 6.42. The molecule has 1 saturated heterocycles. The summed E-state index contributed by atoms with van der Waals surface area (Å²) in [7, 11) is 1.81. The predicted octanol–water partition coefficient (Wildman–Crippen LogP) is 6.17. The number of piperidine rings is 1. The Bertz CT molecular complexity index is 986. The Morgan fingerprint density at radius 3 is 2.34 bits per heavy atom. The summed E-state index contributed by atoms with van der Waals surface area (Å²) in [6.07, 6.45) is 0.288. The van der Waals surface area contributed by atoms with E-state index in [1.165, 1.54) is 0 Å². The molecule has 5 nitrogen and oxygen atoms in total. The van der Waals surface area contributed by atoms with Gasteiger partial charge in [-0.1, -0.05) is 35.3 Å². The van der Waals surface area contributed by atoms with E-state index in [0.717, 1.165) is 11.1 Å². The highest BCUT2D eigenvalue weighted by molar-refractivity contribution is 6.31. The molecule has 2 aromatic rings. The average Bonchev–Trinajstić information content (AvgIpc) is 2.73. The fourth-order valence-electron chi connectivity index (χ4n) is 4.01. The van der Waals surface area contributed by atoms with Crippen LogP contribution in [0.5, 0.6) is 0 Å². The van der Waals surface area contributed by atoms with Gasteiger partial charge in [0, 0.05) is 47.7 Å². The maximum atomic E-state index is 13.2. The number of hydrogen-bond acceptors (Lipinski definition) is 3. The largest absolute Gasteiger partial charge is 0.444 e. The molecule has 0 N–H and O–H groups in total. The number of rotatable bonds is 3. The SMILES string of the molecule is Cc1ccc([C@@H]2CN(C(=O)OC(C)(C)C)CC[C@H]2N(C)C(=O)c2ccc(Cl)cc2)cc1Cl. The van der Waals surface area contributed by atoms with Gasteiger partial charge in [0.1, 0.15) is 5.60 Å². The zero-order valence-electron chi connectivity index (χ0n) is 19.2. The Kier molecular flexibility index (Phi) is 7.41. The fourth-order valence-corrected chi connectivity index (χ4v) is 4.32. The number of aryl methyl sites for hydroxylation is 1. The second kappa shape index (κ2) is 9.72. The van der Waals surface area contributed by atoms with Crippen molar-refractivity contribution in [3.8, 4) is 0 Å². The molecule has 3 rings (SSSR count). The lowest BCUT2D eigenvalue weighted by Gasteiger charge is -2.43. The monoisotopic (exact) mass is 476 g/mol. The first-order valence-electron chi connectivity index (χ1n) is 10.7. The van der Waals surface area contributed by atoms with Crippen LogP contribution < -0.4 is 0 Å². The van der Waals surface area contributed by atoms with E-state index in [4.69, 9.17) is 27.9 Å². The van der Waals surface area contributed by atoms with E-state index in [1.54, 1.807) is 34.1 Å². The first-order chi connectivity index (χ1) is 15.0. The van der Waals surface area contributed by atoms with Crippen molar-refractivity contribution in [2.75, 3.05) is 20.1 Å². The van der Waals surface area contributed by atoms with E-state index >= 15 is 0 Å². The molecular weight excluding hydrogens is 447 g/mol. The smallest absolute Gasteiger partial charge is 0.410 e. The molecule has 7 heteroatoms. The van der Waals surface area contributed by atoms with Crippen LogP contribution in [0.2, 0.25) is 10.0 Å². The molecule has 0 radical (unpaired) electrons. The van der Waals surface area contributed by atoms with Gasteiger partial charge in [-0.3, -0.25) is 4.79 Å². The Hall–Kier alpha value is -2.24. The van der Waals surface area contributed by atoms with E-state index in [-0.39, 0.29) is 24.0 Å². The maximum absolute atomic E-state index is 13.2. The van der Waals surface area contributed by atoms with Crippen molar-refractivity contribution >= 4 is 35.2 Å². The summed E-state index contributed by atoms with van der Waals surface area (Å²) in [4.78, 5) is 29.5. The molecule has 0 saturated carbocycles. The molecule has 32 heavy (non-hydrogen) atoms. The van der Waals surface area contributed by atoms with E-state index in [0.29, 0.717) is 35.1 Å². The summed E-state index contributed by atoms with van der Waals surface area (Å²) in [5, 5.41) is 1.25. The molecule has 1 heterocycles. The number of hydrogen-bond donors (Lipinski definition) is 0. The molecule has 172 valence electrons. The number of nitrogens with zero attached hydrogens (tertiary/aromatic N) is 2. The first-order valence-corrected chi connectivity index (χ1v) is 11.5. The second-order valence-electron chi connectivity index (χ2n) is 9.32. The van der Waals surface area contributed by atoms with E-state index in [9.17, 15) is 9.59 Å². The molecule has 0 aromatic heterocycles. The number of benzene rings is 2. The fraction of sp³-hybridized carbons (Fsp3) is 0.440. The highest BCUT2D eigenvalue weighted by Gasteiger charge is 2.38. The van der Waals surface area contributed by atoms with Gasteiger partial charge >= 0.3 is 6.09 Å². The summed E-state index contributed by atoms with van der Waals surface area (Å²) < 4.78 is 5.60. The van der Waals surface area contributed by atoms with Crippen LogP contribution in [0.3, 0.4) is 0 Å². The van der Waals surface area contributed by atoms with Crippen LogP contribution in [0.25, 0.3) is 0 Å². The van der Waals surface area contributed by atoms with Crippen molar-refractivity contribution in [1.82, 2.24) is 9.80 Å². The van der Waals surface area contributed by atoms with Gasteiger partial charge in [-0.2, -0.15) is 0 Å². The summed E-state index contributed by atoms with van der Waals surface area (Å²) >= 11 is 12.4. The van der Waals surface area contributed by atoms with Crippen molar-refractivity contribution in [3.05, 3.63) is 69.2 Å². The number of ether oxygens (including phenoxy) is 1. The maximum Gasteiger partial charge on any atom is 0.410 e. The lowest BCUT2D eigenvalue weighted by Crippen LogP contribution is -2.52. The summed E-state index contributed by atoms with van der Waals surface area (Å²) in [6, 6.07) is 12.7. The minimum absolute atomic E-state index is 0.0828. The summed E-state index contributed by atoms with van der Waals surface area (Å²) in [5.41, 5.74) is 1.98. The van der Waals surface area contributed by atoms with E-state index < -0.39 is 5.60 Å². The van der Waals surface area contributed by atoms with Gasteiger partial charge in [0.2, 0.25) is 0 Å². The lowest BCUT2D eigenvalue weighted by atomic mass is 9.84. The zero-order valence-corrected chi connectivity index (χ0v) is 20.7. The van der Waals surface area contributed by atoms with Crippen LogP contribution >= 0.6 is 23.2 Å². The molecule has 0 bridgehead atoms. The van der Waals surface area contributed by atoms with Crippen molar-refractivity contribution in [2.24, 2.45) is 0 Å². The number of likely N-dealkylation sites (N-methyl/N-ethyl adjacent to an activating group) is 1. The van der Waals surface area contributed by atoms with Crippen molar-refractivity contribution in [2.45, 2.75) is 51.7 Å². The summed E-state index contributed by atoms with van der Waals surface area (Å²) in [5.74, 6) is -0.184. The van der Waals surface area contributed by atoms with Crippen LogP contribution in [0.4, 0.5) is 4.79 Å².